The largest absolute Gasteiger partial charge is 0.354 e. The Hall–Kier alpha value is -2.34. The zero-order chi connectivity index (χ0) is 21.2. The van der Waals surface area contributed by atoms with Crippen molar-refractivity contribution in [3.63, 3.8) is 0 Å². The van der Waals surface area contributed by atoms with Crippen molar-refractivity contribution in [3.8, 4) is 0 Å². The second-order valence-electron chi connectivity index (χ2n) is 7.41. The van der Waals surface area contributed by atoms with Gasteiger partial charge in [0.05, 0.1) is 5.75 Å². The monoisotopic (exact) mass is 416 g/mol. The van der Waals surface area contributed by atoms with E-state index in [1.807, 2.05) is 44.2 Å². The minimum absolute atomic E-state index is 0.137. The fraction of sp³-hybridized carbons (Fsp3) is 0.391. The van der Waals surface area contributed by atoms with Crippen LogP contribution in [-0.4, -0.2) is 35.1 Å². The van der Waals surface area contributed by atoms with Gasteiger partial charge in [-0.25, -0.2) is 4.39 Å². The first kappa shape index (κ1) is 22.9. The summed E-state index contributed by atoms with van der Waals surface area (Å²) >= 11 is 1.35. The molecular weight excluding hydrogens is 387 g/mol. The Labute approximate surface area is 176 Å². The summed E-state index contributed by atoms with van der Waals surface area (Å²) in [5.41, 5.74) is 1.53. The van der Waals surface area contributed by atoms with Crippen molar-refractivity contribution in [3.05, 3.63) is 71.5 Å². The van der Waals surface area contributed by atoms with Gasteiger partial charge in [0.1, 0.15) is 11.9 Å². The number of thioether (sulfide) groups is 1. The van der Waals surface area contributed by atoms with Crippen LogP contribution in [-0.2, 0) is 21.9 Å². The average Bonchev–Trinajstić information content (AvgIpc) is 2.71. The topological polar surface area (TPSA) is 49.4 Å². The van der Waals surface area contributed by atoms with Crippen LogP contribution in [0.25, 0.3) is 0 Å². The summed E-state index contributed by atoms with van der Waals surface area (Å²) in [6, 6.07) is 15.6. The van der Waals surface area contributed by atoms with Crippen LogP contribution < -0.4 is 5.32 Å². The highest BCUT2D eigenvalue weighted by molar-refractivity contribution is 7.99. The van der Waals surface area contributed by atoms with Gasteiger partial charge in [-0.2, -0.15) is 0 Å². The van der Waals surface area contributed by atoms with E-state index in [0.717, 1.165) is 5.56 Å². The maximum absolute atomic E-state index is 13.8. The van der Waals surface area contributed by atoms with Crippen molar-refractivity contribution >= 4 is 23.6 Å². The van der Waals surface area contributed by atoms with Crippen molar-refractivity contribution in [2.24, 2.45) is 5.92 Å². The number of carbonyl (C=O) groups excluding carboxylic acids is 2. The van der Waals surface area contributed by atoms with Crippen LogP contribution in [0.1, 0.15) is 31.9 Å². The number of hydrogen-bond donors (Lipinski definition) is 1. The van der Waals surface area contributed by atoms with Crippen molar-refractivity contribution in [2.45, 2.75) is 39.1 Å². The lowest BCUT2D eigenvalue weighted by Crippen LogP contribution is -2.48. The van der Waals surface area contributed by atoms with Gasteiger partial charge in [-0.3, -0.25) is 9.59 Å². The maximum atomic E-state index is 13.8. The molecule has 0 aliphatic heterocycles. The second-order valence-corrected chi connectivity index (χ2v) is 8.39. The van der Waals surface area contributed by atoms with Crippen LogP contribution in [0.2, 0.25) is 0 Å². The van der Waals surface area contributed by atoms with Gasteiger partial charge in [0.2, 0.25) is 11.8 Å². The molecule has 0 fully saturated rings. The molecule has 2 aromatic carbocycles. The van der Waals surface area contributed by atoms with Gasteiger partial charge < -0.3 is 10.2 Å². The third-order valence-electron chi connectivity index (χ3n) is 4.49. The number of nitrogens with one attached hydrogen (secondary N) is 1. The predicted molar refractivity (Wildman–Crippen MR) is 117 cm³/mol. The van der Waals surface area contributed by atoms with Crippen LogP contribution >= 0.6 is 11.8 Å². The first-order valence-corrected chi connectivity index (χ1v) is 11.0. The molecule has 0 radical (unpaired) electrons. The Bertz CT molecular complexity index is 798. The Morgan fingerprint density at radius 2 is 1.69 bits per heavy atom. The molecule has 2 aromatic rings. The third kappa shape index (κ3) is 7.54. The van der Waals surface area contributed by atoms with E-state index in [1.54, 1.807) is 30.0 Å². The lowest BCUT2D eigenvalue weighted by Gasteiger charge is -2.29. The maximum Gasteiger partial charge on any atom is 0.242 e. The minimum Gasteiger partial charge on any atom is -0.354 e. The predicted octanol–water partition coefficient (Wildman–Crippen LogP) is 4.25. The van der Waals surface area contributed by atoms with E-state index in [0.29, 0.717) is 30.3 Å². The number of amides is 2. The molecule has 2 rings (SSSR count). The van der Waals surface area contributed by atoms with Gasteiger partial charge in [0.25, 0.3) is 0 Å². The standard InChI is InChI=1S/C23H29FN2O2S/c1-17(2)13-25-23(28)18(3)26(14-19-9-5-4-6-10-19)22(27)16-29-15-20-11-7-8-12-21(20)24/h4-12,17-18H,13-16H2,1-3H3,(H,25,28)/t18-/m0/s1. The Morgan fingerprint density at radius 3 is 2.34 bits per heavy atom. The molecule has 1 atom stereocenters. The smallest absolute Gasteiger partial charge is 0.242 e. The molecule has 0 spiro atoms. The van der Waals surface area contributed by atoms with Crippen LogP contribution in [0.5, 0.6) is 0 Å². The van der Waals surface area contributed by atoms with Gasteiger partial charge in [-0.05, 0) is 30.0 Å². The van der Waals surface area contributed by atoms with Crippen molar-refractivity contribution in [1.82, 2.24) is 10.2 Å². The van der Waals surface area contributed by atoms with Gasteiger partial charge in [-0.1, -0.05) is 62.4 Å². The van der Waals surface area contributed by atoms with Crippen LogP contribution in [0.15, 0.2) is 54.6 Å². The molecule has 156 valence electrons. The van der Waals surface area contributed by atoms with Crippen LogP contribution in [0.3, 0.4) is 0 Å². The molecule has 0 aliphatic rings. The molecule has 4 nitrogen and oxygen atoms in total. The number of rotatable bonds is 10. The third-order valence-corrected chi connectivity index (χ3v) is 5.45. The Kier molecular flexibility index (Phi) is 9.19. The van der Waals surface area contributed by atoms with Gasteiger partial charge >= 0.3 is 0 Å². The molecule has 0 heterocycles. The van der Waals surface area contributed by atoms with Crippen molar-refractivity contribution in [2.75, 3.05) is 12.3 Å². The van der Waals surface area contributed by atoms with E-state index in [2.05, 4.69) is 5.32 Å². The van der Waals surface area contributed by atoms with Gasteiger partial charge in [0, 0.05) is 18.8 Å². The quantitative estimate of drug-likeness (QED) is 0.630. The number of carbonyl (C=O) groups is 2. The number of nitrogens with zero attached hydrogens (tertiary/aromatic N) is 1. The molecule has 0 bridgehead atoms. The highest BCUT2D eigenvalue weighted by Crippen LogP contribution is 2.17. The van der Waals surface area contributed by atoms with Crippen molar-refractivity contribution in [1.29, 1.82) is 0 Å². The van der Waals surface area contributed by atoms with E-state index in [1.165, 1.54) is 17.8 Å². The summed E-state index contributed by atoms with van der Waals surface area (Å²) in [7, 11) is 0. The normalized spacial score (nSPS) is 11.9. The summed E-state index contributed by atoms with van der Waals surface area (Å²) in [5, 5.41) is 2.90. The minimum atomic E-state index is -0.587. The van der Waals surface area contributed by atoms with E-state index in [9.17, 15) is 14.0 Å². The lowest BCUT2D eigenvalue weighted by atomic mass is 10.1. The summed E-state index contributed by atoms with van der Waals surface area (Å²) in [6.07, 6.45) is 0. The molecule has 2 amide bonds. The summed E-state index contributed by atoms with van der Waals surface area (Å²) in [4.78, 5) is 27.1. The Morgan fingerprint density at radius 1 is 1.03 bits per heavy atom. The first-order valence-electron chi connectivity index (χ1n) is 9.80. The molecule has 0 aliphatic carbocycles. The van der Waals surface area contributed by atoms with E-state index in [-0.39, 0.29) is 23.4 Å². The van der Waals surface area contributed by atoms with E-state index in [4.69, 9.17) is 0 Å². The summed E-state index contributed by atoms with van der Waals surface area (Å²) in [5.74, 6) is 0.356. The number of benzene rings is 2. The van der Waals surface area contributed by atoms with Crippen molar-refractivity contribution < 1.29 is 14.0 Å². The molecule has 0 unspecified atom stereocenters. The van der Waals surface area contributed by atoms with Gasteiger partial charge in [-0.15, -0.1) is 11.8 Å². The first-order chi connectivity index (χ1) is 13.9. The molecule has 1 N–H and O–H groups in total. The summed E-state index contributed by atoms with van der Waals surface area (Å²) < 4.78 is 13.8. The molecule has 0 saturated carbocycles. The van der Waals surface area contributed by atoms with Crippen LogP contribution in [0.4, 0.5) is 4.39 Å². The van der Waals surface area contributed by atoms with E-state index < -0.39 is 6.04 Å². The highest BCUT2D eigenvalue weighted by atomic mass is 32.2. The van der Waals surface area contributed by atoms with Crippen LogP contribution in [0, 0.1) is 11.7 Å². The number of halogens is 1. The van der Waals surface area contributed by atoms with Gasteiger partial charge in [0.15, 0.2) is 0 Å². The fourth-order valence-electron chi connectivity index (χ4n) is 2.76. The molecular formula is C23H29FN2O2S. The zero-order valence-electron chi connectivity index (χ0n) is 17.2. The van der Waals surface area contributed by atoms with E-state index >= 15 is 0 Å². The summed E-state index contributed by atoms with van der Waals surface area (Å²) in [6.45, 7) is 6.72. The average molecular weight is 417 g/mol. The lowest BCUT2D eigenvalue weighted by molar-refractivity contribution is -0.138. The second kappa shape index (κ2) is 11.6. The fourth-order valence-corrected chi connectivity index (χ4v) is 3.66. The zero-order valence-corrected chi connectivity index (χ0v) is 18.0. The number of hydrogen-bond acceptors (Lipinski definition) is 3. The SMILES string of the molecule is CC(C)CNC(=O)[C@H](C)N(Cc1ccccc1)C(=O)CSCc1ccccc1F. The molecule has 0 aromatic heterocycles. The Balaban J connectivity index is 2.03. The molecule has 0 saturated heterocycles. The molecule has 29 heavy (non-hydrogen) atoms. The molecule has 6 heteroatoms. The highest BCUT2D eigenvalue weighted by Gasteiger charge is 2.26.